The molecule has 0 aliphatic carbocycles. The minimum Gasteiger partial charge on any atom is -0.437 e. The molecule has 3 aromatic rings. The molecule has 0 bridgehead atoms. The summed E-state index contributed by atoms with van der Waals surface area (Å²) in [5.41, 5.74) is 8.55. The van der Waals surface area contributed by atoms with Crippen molar-refractivity contribution in [2.45, 2.75) is 19.8 Å². The van der Waals surface area contributed by atoms with Gasteiger partial charge in [0.2, 0.25) is 5.88 Å². The number of nitrogens with zero attached hydrogens (tertiary/aromatic N) is 2. The molecule has 0 unspecified atom stereocenters. The van der Waals surface area contributed by atoms with Crippen molar-refractivity contribution in [3.8, 4) is 11.6 Å². The first kappa shape index (κ1) is 17.0. The molecule has 0 saturated carbocycles. The van der Waals surface area contributed by atoms with E-state index >= 15 is 0 Å². The van der Waals surface area contributed by atoms with Crippen molar-refractivity contribution in [1.82, 2.24) is 9.97 Å². The van der Waals surface area contributed by atoms with E-state index in [1.807, 2.05) is 36.4 Å². The molecule has 0 aliphatic heterocycles. The Hall–Kier alpha value is -2.79. The van der Waals surface area contributed by atoms with Gasteiger partial charge in [-0.25, -0.2) is 4.98 Å². The predicted molar refractivity (Wildman–Crippen MR) is 102 cm³/mol. The highest BCUT2D eigenvalue weighted by Crippen LogP contribution is 2.31. The fraction of sp³-hybridized carbons (Fsp3) is 0.158. The molecule has 5 nitrogen and oxygen atoms in total. The van der Waals surface area contributed by atoms with E-state index in [4.69, 9.17) is 22.1 Å². The van der Waals surface area contributed by atoms with E-state index in [-0.39, 0.29) is 0 Å². The molecule has 6 heteroatoms. The average Bonchev–Trinajstić information content (AvgIpc) is 2.61. The van der Waals surface area contributed by atoms with Crippen molar-refractivity contribution in [1.29, 1.82) is 0 Å². The summed E-state index contributed by atoms with van der Waals surface area (Å²) in [6.07, 6.45) is 1.41. The molecule has 0 atom stereocenters. The predicted octanol–water partition coefficient (Wildman–Crippen LogP) is 5.37. The Labute approximate surface area is 151 Å². The lowest BCUT2D eigenvalue weighted by Crippen LogP contribution is -2.03. The van der Waals surface area contributed by atoms with Gasteiger partial charge in [0.25, 0.3) is 0 Å². The lowest BCUT2D eigenvalue weighted by molar-refractivity contribution is 0.464. The third-order valence-corrected chi connectivity index (χ3v) is 3.97. The average molecular weight is 355 g/mol. The fourth-order valence-electron chi connectivity index (χ4n) is 2.26. The van der Waals surface area contributed by atoms with Crippen LogP contribution in [0.5, 0.6) is 11.6 Å². The maximum absolute atomic E-state index is 6.15. The Morgan fingerprint density at radius 2 is 1.68 bits per heavy atom. The lowest BCUT2D eigenvalue weighted by Gasteiger charge is -2.12. The smallest absolute Gasteiger partial charge is 0.248 e. The minimum absolute atomic E-state index is 0.309. The molecule has 3 rings (SSSR count). The molecule has 1 aromatic heterocycles. The number of nitrogens with two attached hydrogens (primary N) is 1. The van der Waals surface area contributed by atoms with Crippen LogP contribution in [0.15, 0.2) is 54.9 Å². The van der Waals surface area contributed by atoms with E-state index in [1.165, 1.54) is 11.9 Å². The molecule has 0 fully saturated rings. The summed E-state index contributed by atoms with van der Waals surface area (Å²) in [5.74, 6) is 1.93. The van der Waals surface area contributed by atoms with Crippen LogP contribution in [0.3, 0.4) is 0 Å². The third-order valence-electron chi connectivity index (χ3n) is 3.72. The summed E-state index contributed by atoms with van der Waals surface area (Å²) in [6, 6.07) is 15.1. The largest absolute Gasteiger partial charge is 0.437 e. The molecule has 1 heterocycles. The summed E-state index contributed by atoms with van der Waals surface area (Å²) in [4.78, 5) is 8.30. The minimum atomic E-state index is 0.309. The Morgan fingerprint density at radius 3 is 2.32 bits per heavy atom. The van der Waals surface area contributed by atoms with Gasteiger partial charge in [-0.1, -0.05) is 37.6 Å². The fourth-order valence-corrected chi connectivity index (χ4v) is 2.39. The number of hydrogen-bond acceptors (Lipinski definition) is 5. The van der Waals surface area contributed by atoms with Crippen LogP contribution in [0.4, 0.5) is 17.2 Å². The molecule has 128 valence electrons. The van der Waals surface area contributed by atoms with E-state index in [2.05, 4.69) is 29.1 Å². The van der Waals surface area contributed by atoms with Crippen LogP contribution in [0.1, 0.15) is 25.3 Å². The number of aromatic nitrogens is 2. The zero-order chi connectivity index (χ0) is 17.8. The van der Waals surface area contributed by atoms with E-state index in [9.17, 15) is 0 Å². The van der Waals surface area contributed by atoms with Crippen LogP contribution in [-0.4, -0.2) is 9.97 Å². The van der Waals surface area contributed by atoms with Gasteiger partial charge in [-0.3, -0.25) is 0 Å². The van der Waals surface area contributed by atoms with Crippen LogP contribution in [0.25, 0.3) is 0 Å². The Balaban J connectivity index is 1.79. The quantitative estimate of drug-likeness (QED) is 0.644. The molecule has 25 heavy (non-hydrogen) atoms. The highest BCUT2D eigenvalue weighted by atomic mass is 35.5. The molecule has 2 aromatic carbocycles. The van der Waals surface area contributed by atoms with Gasteiger partial charge >= 0.3 is 0 Å². The van der Waals surface area contributed by atoms with Crippen LogP contribution in [0.2, 0.25) is 5.02 Å². The number of benzene rings is 2. The maximum atomic E-state index is 6.15. The number of nitrogen functional groups attached to an aromatic ring is 1. The summed E-state index contributed by atoms with van der Waals surface area (Å²) in [5, 5.41) is 3.80. The van der Waals surface area contributed by atoms with Gasteiger partial charge in [-0.05, 0) is 47.9 Å². The molecule has 0 amide bonds. The van der Waals surface area contributed by atoms with Crippen LogP contribution < -0.4 is 15.8 Å². The standard InChI is InChI=1S/C19H19ClN4O/c1-12(2)13-3-9-16(10-4-13)25-19-17(21)18(22-11-23-19)24-15-7-5-14(20)6-8-15/h3-12H,21H2,1-2H3,(H,22,23,24). The van der Waals surface area contributed by atoms with Gasteiger partial charge in [0, 0.05) is 10.7 Å². The number of hydrogen-bond donors (Lipinski definition) is 2. The van der Waals surface area contributed by atoms with E-state index in [0.29, 0.717) is 34.1 Å². The van der Waals surface area contributed by atoms with Gasteiger partial charge in [0.15, 0.2) is 5.82 Å². The summed E-state index contributed by atoms with van der Waals surface area (Å²) >= 11 is 5.89. The normalized spacial score (nSPS) is 10.7. The van der Waals surface area contributed by atoms with E-state index in [1.54, 1.807) is 12.1 Å². The maximum Gasteiger partial charge on any atom is 0.248 e. The number of rotatable bonds is 5. The van der Waals surface area contributed by atoms with Crippen molar-refractivity contribution in [2.24, 2.45) is 0 Å². The molecule has 0 spiro atoms. The van der Waals surface area contributed by atoms with Crippen molar-refractivity contribution in [2.75, 3.05) is 11.1 Å². The second kappa shape index (κ2) is 7.40. The van der Waals surface area contributed by atoms with Crippen molar-refractivity contribution in [3.63, 3.8) is 0 Å². The molecule has 0 saturated heterocycles. The summed E-state index contributed by atoms with van der Waals surface area (Å²) in [6.45, 7) is 4.29. The first-order valence-electron chi connectivity index (χ1n) is 7.94. The second-order valence-electron chi connectivity index (χ2n) is 5.90. The molecular formula is C19H19ClN4O. The Bertz CT molecular complexity index is 848. The lowest BCUT2D eigenvalue weighted by atomic mass is 10.0. The first-order valence-corrected chi connectivity index (χ1v) is 8.31. The van der Waals surface area contributed by atoms with Gasteiger partial charge in [0.05, 0.1) is 0 Å². The summed E-state index contributed by atoms with van der Waals surface area (Å²) in [7, 11) is 0. The van der Waals surface area contributed by atoms with Crippen molar-refractivity contribution >= 4 is 28.8 Å². The first-order chi connectivity index (χ1) is 12.0. The molecule has 3 N–H and O–H groups in total. The van der Waals surface area contributed by atoms with Crippen LogP contribution >= 0.6 is 11.6 Å². The number of nitrogens with one attached hydrogen (secondary N) is 1. The SMILES string of the molecule is CC(C)c1ccc(Oc2ncnc(Nc3ccc(Cl)cc3)c2N)cc1. The van der Waals surface area contributed by atoms with Gasteiger partial charge < -0.3 is 15.8 Å². The number of ether oxygens (including phenoxy) is 1. The number of halogens is 1. The summed E-state index contributed by atoms with van der Waals surface area (Å²) < 4.78 is 5.80. The number of anilines is 3. The van der Waals surface area contributed by atoms with E-state index in [0.717, 1.165) is 5.69 Å². The van der Waals surface area contributed by atoms with Crippen molar-refractivity contribution < 1.29 is 4.74 Å². The van der Waals surface area contributed by atoms with Gasteiger partial charge in [0.1, 0.15) is 17.8 Å². The highest BCUT2D eigenvalue weighted by molar-refractivity contribution is 6.30. The third kappa shape index (κ3) is 4.19. The van der Waals surface area contributed by atoms with E-state index < -0.39 is 0 Å². The highest BCUT2D eigenvalue weighted by Gasteiger charge is 2.11. The van der Waals surface area contributed by atoms with Gasteiger partial charge in [-0.15, -0.1) is 0 Å². The molecule has 0 radical (unpaired) electrons. The van der Waals surface area contributed by atoms with Crippen LogP contribution in [0, 0.1) is 0 Å². The van der Waals surface area contributed by atoms with Crippen LogP contribution in [-0.2, 0) is 0 Å². The zero-order valence-electron chi connectivity index (χ0n) is 14.0. The zero-order valence-corrected chi connectivity index (χ0v) is 14.8. The molecule has 0 aliphatic rings. The Morgan fingerprint density at radius 1 is 1.00 bits per heavy atom. The molecular weight excluding hydrogens is 336 g/mol. The topological polar surface area (TPSA) is 73.1 Å². The van der Waals surface area contributed by atoms with Crippen molar-refractivity contribution in [3.05, 3.63) is 65.4 Å². The monoisotopic (exact) mass is 354 g/mol. The Kier molecular flexibility index (Phi) is 5.05. The van der Waals surface area contributed by atoms with Gasteiger partial charge in [-0.2, -0.15) is 4.98 Å². The second-order valence-corrected chi connectivity index (χ2v) is 6.34.